The minimum Gasteiger partial charge on any atom is -0.448 e. The van der Waals surface area contributed by atoms with Gasteiger partial charge in [0.15, 0.2) is 5.88 Å². The summed E-state index contributed by atoms with van der Waals surface area (Å²) in [7, 11) is 0. The summed E-state index contributed by atoms with van der Waals surface area (Å²) in [6, 6.07) is 0. The highest BCUT2D eigenvalue weighted by molar-refractivity contribution is 5.09. The smallest absolute Gasteiger partial charge is 0.189 e. The number of nitrogens with one attached hydrogen (secondary N) is 1. The van der Waals surface area contributed by atoms with Gasteiger partial charge in [-0.1, -0.05) is 90.4 Å². The summed E-state index contributed by atoms with van der Waals surface area (Å²) in [5.41, 5.74) is 1.18. The number of unbranched alkanes of at least 4 members (excludes halogenated alkanes) is 13. The van der Waals surface area contributed by atoms with Gasteiger partial charge in [-0.05, 0) is 19.4 Å². The standard InChI is InChI=1S/C20H37NO/c1-3-4-5-6-7-8-9-10-11-12-13-14-15-16-17-20-18-22-19(2)21-20/h18,21H,2-17H2,1H3. The van der Waals surface area contributed by atoms with E-state index in [2.05, 4.69) is 18.8 Å². The molecule has 1 N–H and O–H groups in total. The summed E-state index contributed by atoms with van der Waals surface area (Å²) in [5.74, 6) is 0.667. The molecular formula is C20H37NO. The van der Waals surface area contributed by atoms with E-state index in [1.165, 1.54) is 95.6 Å². The lowest BCUT2D eigenvalue weighted by atomic mass is 10.0. The molecule has 1 aliphatic heterocycles. The summed E-state index contributed by atoms with van der Waals surface area (Å²) in [6.45, 7) is 6.02. The molecule has 1 heterocycles. The first-order valence-electron chi connectivity index (χ1n) is 9.64. The molecule has 22 heavy (non-hydrogen) atoms. The number of hydrogen-bond donors (Lipinski definition) is 1. The molecule has 1 aliphatic rings. The van der Waals surface area contributed by atoms with Crippen molar-refractivity contribution in [3.63, 3.8) is 0 Å². The van der Waals surface area contributed by atoms with Gasteiger partial charge in [0.25, 0.3) is 0 Å². The van der Waals surface area contributed by atoms with Crippen molar-refractivity contribution in [1.29, 1.82) is 0 Å². The molecule has 0 aliphatic carbocycles. The maximum absolute atomic E-state index is 5.17. The van der Waals surface area contributed by atoms with E-state index in [1.54, 1.807) is 6.26 Å². The summed E-state index contributed by atoms with van der Waals surface area (Å²) in [6.07, 6.45) is 22.6. The van der Waals surface area contributed by atoms with Gasteiger partial charge in [-0.2, -0.15) is 0 Å². The number of allylic oxidation sites excluding steroid dienone is 1. The Hall–Kier alpha value is -0.920. The van der Waals surface area contributed by atoms with Crippen LogP contribution >= 0.6 is 0 Å². The van der Waals surface area contributed by atoms with Gasteiger partial charge in [0.05, 0.1) is 5.70 Å². The quantitative estimate of drug-likeness (QED) is 0.336. The summed E-state index contributed by atoms with van der Waals surface area (Å²) < 4.78 is 5.17. The molecule has 0 aromatic heterocycles. The number of ether oxygens (including phenoxy) is 1. The van der Waals surface area contributed by atoms with Gasteiger partial charge in [0.2, 0.25) is 0 Å². The van der Waals surface area contributed by atoms with Crippen LogP contribution in [-0.2, 0) is 4.74 Å². The maximum Gasteiger partial charge on any atom is 0.189 e. The molecule has 0 aromatic carbocycles. The average molecular weight is 308 g/mol. The van der Waals surface area contributed by atoms with Crippen molar-refractivity contribution in [3.8, 4) is 0 Å². The van der Waals surface area contributed by atoms with Crippen LogP contribution in [0.4, 0.5) is 0 Å². The highest BCUT2D eigenvalue weighted by Gasteiger charge is 2.06. The Morgan fingerprint density at radius 3 is 1.64 bits per heavy atom. The topological polar surface area (TPSA) is 21.3 Å². The van der Waals surface area contributed by atoms with Gasteiger partial charge in [-0.25, -0.2) is 0 Å². The Bertz CT molecular complexity index is 309. The monoisotopic (exact) mass is 307 g/mol. The third-order valence-corrected chi connectivity index (χ3v) is 4.44. The zero-order valence-corrected chi connectivity index (χ0v) is 14.8. The molecule has 0 atom stereocenters. The molecule has 0 unspecified atom stereocenters. The molecule has 0 bridgehead atoms. The molecule has 0 spiro atoms. The number of hydrogen-bond acceptors (Lipinski definition) is 2. The van der Waals surface area contributed by atoms with Crippen LogP contribution < -0.4 is 5.32 Å². The van der Waals surface area contributed by atoms with Gasteiger partial charge in [-0.15, -0.1) is 0 Å². The van der Waals surface area contributed by atoms with E-state index in [0.29, 0.717) is 5.88 Å². The fourth-order valence-electron chi connectivity index (χ4n) is 3.01. The normalized spacial score (nSPS) is 13.9. The van der Waals surface area contributed by atoms with E-state index in [-0.39, 0.29) is 0 Å². The van der Waals surface area contributed by atoms with Crippen molar-refractivity contribution in [1.82, 2.24) is 5.32 Å². The van der Waals surface area contributed by atoms with Crippen LogP contribution in [0.1, 0.15) is 103 Å². The molecule has 2 nitrogen and oxygen atoms in total. The molecule has 0 amide bonds. The maximum atomic E-state index is 5.17. The van der Waals surface area contributed by atoms with Gasteiger partial charge in [0, 0.05) is 0 Å². The first-order chi connectivity index (χ1) is 10.8. The van der Waals surface area contributed by atoms with Gasteiger partial charge in [0.1, 0.15) is 6.26 Å². The fourth-order valence-corrected chi connectivity index (χ4v) is 3.01. The molecule has 0 saturated heterocycles. The highest BCUT2D eigenvalue weighted by atomic mass is 16.5. The molecule has 0 aromatic rings. The minimum atomic E-state index is 0.667. The fraction of sp³-hybridized carbons (Fsp3) is 0.800. The van der Waals surface area contributed by atoms with Crippen molar-refractivity contribution in [2.45, 2.75) is 103 Å². The van der Waals surface area contributed by atoms with E-state index in [1.807, 2.05) is 0 Å². The van der Waals surface area contributed by atoms with Crippen molar-refractivity contribution in [2.24, 2.45) is 0 Å². The summed E-state index contributed by atoms with van der Waals surface area (Å²) in [5, 5.41) is 3.14. The molecule has 2 heteroatoms. The predicted octanol–water partition coefficient (Wildman–Crippen LogP) is 6.79. The lowest BCUT2D eigenvalue weighted by Crippen LogP contribution is -2.04. The van der Waals surface area contributed by atoms with Crippen molar-refractivity contribution in [2.75, 3.05) is 0 Å². The zero-order chi connectivity index (χ0) is 15.9. The third kappa shape index (κ3) is 10.8. The Morgan fingerprint density at radius 2 is 1.23 bits per heavy atom. The Kier molecular flexibility index (Phi) is 11.9. The second-order valence-corrected chi connectivity index (χ2v) is 6.66. The van der Waals surface area contributed by atoms with Crippen LogP contribution in [0.5, 0.6) is 0 Å². The lowest BCUT2D eigenvalue weighted by Gasteiger charge is -2.04. The number of rotatable bonds is 15. The predicted molar refractivity (Wildman–Crippen MR) is 96.4 cm³/mol. The first kappa shape index (κ1) is 19.1. The Balaban J connectivity index is 1.70. The van der Waals surface area contributed by atoms with Crippen LogP contribution in [0.25, 0.3) is 0 Å². The van der Waals surface area contributed by atoms with Crippen LogP contribution in [0.2, 0.25) is 0 Å². The van der Waals surface area contributed by atoms with Crippen LogP contribution in [0.3, 0.4) is 0 Å². The van der Waals surface area contributed by atoms with Gasteiger partial charge < -0.3 is 10.1 Å². The second-order valence-electron chi connectivity index (χ2n) is 6.66. The zero-order valence-electron chi connectivity index (χ0n) is 14.8. The molecule has 1 rings (SSSR count). The molecule has 0 radical (unpaired) electrons. The van der Waals surface area contributed by atoms with E-state index in [0.717, 1.165) is 6.42 Å². The van der Waals surface area contributed by atoms with Crippen molar-refractivity contribution >= 4 is 0 Å². The molecule has 0 fully saturated rings. The largest absolute Gasteiger partial charge is 0.448 e. The lowest BCUT2D eigenvalue weighted by molar-refractivity contribution is 0.359. The van der Waals surface area contributed by atoms with Crippen LogP contribution in [0.15, 0.2) is 24.4 Å². The SMILES string of the molecule is C=C1NC(CCCCCCCCCCCCCCCC)=CO1. The Labute approximate surface area is 138 Å². The van der Waals surface area contributed by atoms with E-state index in [4.69, 9.17) is 4.74 Å². The van der Waals surface area contributed by atoms with Gasteiger partial charge in [-0.3, -0.25) is 0 Å². The molecular weight excluding hydrogens is 270 g/mol. The summed E-state index contributed by atoms with van der Waals surface area (Å²) >= 11 is 0. The van der Waals surface area contributed by atoms with Crippen molar-refractivity contribution in [3.05, 3.63) is 24.4 Å². The van der Waals surface area contributed by atoms with Crippen LogP contribution in [0, 0.1) is 0 Å². The average Bonchev–Trinajstić information content (AvgIpc) is 2.93. The van der Waals surface area contributed by atoms with E-state index in [9.17, 15) is 0 Å². The van der Waals surface area contributed by atoms with E-state index >= 15 is 0 Å². The first-order valence-corrected chi connectivity index (χ1v) is 9.64. The summed E-state index contributed by atoms with van der Waals surface area (Å²) in [4.78, 5) is 0. The van der Waals surface area contributed by atoms with Crippen LogP contribution in [-0.4, -0.2) is 0 Å². The molecule has 0 saturated carbocycles. The van der Waals surface area contributed by atoms with Gasteiger partial charge >= 0.3 is 0 Å². The highest BCUT2D eigenvalue weighted by Crippen LogP contribution is 2.16. The minimum absolute atomic E-state index is 0.667. The molecule has 128 valence electrons. The second kappa shape index (κ2) is 13.7. The Morgan fingerprint density at radius 1 is 0.773 bits per heavy atom. The van der Waals surface area contributed by atoms with E-state index < -0.39 is 0 Å². The third-order valence-electron chi connectivity index (χ3n) is 4.44. The van der Waals surface area contributed by atoms with Crippen molar-refractivity contribution < 1.29 is 4.74 Å².